The first-order valence-electron chi connectivity index (χ1n) is 7.33. The Morgan fingerprint density at radius 1 is 1.48 bits per heavy atom. The van der Waals surface area contributed by atoms with Crippen LogP contribution in [-0.2, 0) is 0 Å². The van der Waals surface area contributed by atoms with Gasteiger partial charge in [0.2, 0.25) is 0 Å². The molecule has 0 saturated heterocycles. The number of aromatic nitrogens is 3. The van der Waals surface area contributed by atoms with E-state index in [2.05, 4.69) is 32.1 Å². The normalized spacial score (nSPS) is 16.4. The van der Waals surface area contributed by atoms with Gasteiger partial charge in [-0.1, -0.05) is 6.58 Å². The number of aromatic amines is 1. The first-order chi connectivity index (χ1) is 11.0. The van der Waals surface area contributed by atoms with Gasteiger partial charge in [0.25, 0.3) is 0 Å². The van der Waals surface area contributed by atoms with Crippen LogP contribution in [0.4, 0.5) is 8.78 Å². The lowest BCUT2D eigenvalue weighted by Crippen LogP contribution is -2.10. The van der Waals surface area contributed by atoms with E-state index >= 15 is 0 Å². The Morgan fingerprint density at radius 2 is 2.22 bits per heavy atom. The molecule has 1 fully saturated rings. The summed E-state index contributed by atoms with van der Waals surface area (Å²) in [4.78, 5) is 8.17. The van der Waals surface area contributed by atoms with Crippen molar-refractivity contribution in [1.82, 2.24) is 20.5 Å². The van der Waals surface area contributed by atoms with Crippen molar-refractivity contribution in [3.63, 3.8) is 0 Å². The molecule has 1 saturated carbocycles. The van der Waals surface area contributed by atoms with Crippen LogP contribution in [0.3, 0.4) is 0 Å². The van der Waals surface area contributed by atoms with Gasteiger partial charge >= 0.3 is 0 Å². The van der Waals surface area contributed by atoms with E-state index in [1.54, 1.807) is 14.0 Å². The standard InChI is InChI=1S/C16H17F2N5/c1-8(10-4-5-10)13(18)16(19-3)21-9(2)14-12-6-11(17)7-20-15(12)23-22-14/h6-7,10,19H,1,4-5H2,2-3H3,(H,20,22,23)/b16-13+,21-9?. The summed E-state index contributed by atoms with van der Waals surface area (Å²) in [5.74, 6) is -0.597. The number of hydrogen-bond donors (Lipinski definition) is 2. The molecule has 7 heteroatoms. The molecule has 23 heavy (non-hydrogen) atoms. The van der Waals surface area contributed by atoms with Gasteiger partial charge in [0.15, 0.2) is 17.3 Å². The molecule has 5 nitrogen and oxygen atoms in total. The fourth-order valence-electron chi connectivity index (χ4n) is 2.35. The summed E-state index contributed by atoms with van der Waals surface area (Å²) >= 11 is 0. The summed E-state index contributed by atoms with van der Waals surface area (Å²) in [5, 5.41) is 10.0. The largest absolute Gasteiger partial charge is 0.371 e. The highest BCUT2D eigenvalue weighted by Crippen LogP contribution is 2.40. The van der Waals surface area contributed by atoms with Crippen molar-refractivity contribution in [3.05, 3.63) is 47.6 Å². The van der Waals surface area contributed by atoms with Gasteiger partial charge < -0.3 is 5.32 Å². The van der Waals surface area contributed by atoms with Crippen LogP contribution in [0.25, 0.3) is 11.0 Å². The average Bonchev–Trinajstić information content (AvgIpc) is 3.31. The number of allylic oxidation sites excluding steroid dienone is 2. The minimum Gasteiger partial charge on any atom is -0.371 e. The minimum atomic E-state index is -0.467. The van der Waals surface area contributed by atoms with Gasteiger partial charge in [-0.05, 0) is 37.3 Å². The van der Waals surface area contributed by atoms with Gasteiger partial charge in [-0.3, -0.25) is 5.10 Å². The Balaban J connectivity index is 2.00. The molecule has 1 aliphatic carbocycles. The van der Waals surface area contributed by atoms with Crippen molar-refractivity contribution in [1.29, 1.82) is 0 Å². The number of H-pyrrole nitrogens is 1. The monoisotopic (exact) mass is 317 g/mol. The second kappa shape index (κ2) is 5.91. The summed E-state index contributed by atoms with van der Waals surface area (Å²) in [5.41, 5.74) is 1.83. The number of rotatable bonds is 5. The summed E-state index contributed by atoms with van der Waals surface area (Å²) in [6, 6.07) is 1.32. The predicted octanol–water partition coefficient (Wildman–Crippen LogP) is 3.23. The molecule has 0 amide bonds. The Kier molecular flexibility index (Phi) is 3.94. The molecule has 2 N–H and O–H groups in total. The SMILES string of the molecule is C=C(/C(F)=C(\N=C(C)c1[nH]nc2ncc(F)cc12)NC)C1CC1. The van der Waals surface area contributed by atoms with Crippen LogP contribution in [0.1, 0.15) is 25.5 Å². The molecule has 120 valence electrons. The molecule has 0 atom stereocenters. The molecule has 0 unspecified atom stereocenters. The van der Waals surface area contributed by atoms with Crippen LogP contribution in [0.2, 0.25) is 0 Å². The molecule has 2 aromatic rings. The van der Waals surface area contributed by atoms with Gasteiger partial charge in [0.1, 0.15) is 5.82 Å². The molecule has 0 spiro atoms. The van der Waals surface area contributed by atoms with Crippen molar-refractivity contribution < 1.29 is 8.78 Å². The highest BCUT2D eigenvalue weighted by atomic mass is 19.1. The quantitative estimate of drug-likeness (QED) is 0.657. The Morgan fingerprint density at radius 3 is 2.87 bits per heavy atom. The fraction of sp³-hybridized carbons (Fsp3) is 0.312. The fourth-order valence-corrected chi connectivity index (χ4v) is 2.35. The topological polar surface area (TPSA) is 66.0 Å². The number of aliphatic imine (C=N–C) groups is 1. The van der Waals surface area contributed by atoms with Gasteiger partial charge in [0, 0.05) is 7.05 Å². The van der Waals surface area contributed by atoms with E-state index in [9.17, 15) is 8.78 Å². The third-order valence-corrected chi connectivity index (χ3v) is 3.81. The van der Waals surface area contributed by atoms with E-state index in [1.807, 2.05) is 0 Å². The van der Waals surface area contributed by atoms with E-state index in [-0.39, 0.29) is 11.7 Å². The molecule has 0 aromatic carbocycles. The van der Waals surface area contributed by atoms with Crippen LogP contribution in [0.15, 0.2) is 41.1 Å². The maximum atomic E-state index is 14.4. The summed E-state index contributed by atoms with van der Waals surface area (Å²) in [6.45, 7) is 5.49. The van der Waals surface area contributed by atoms with E-state index in [0.29, 0.717) is 28.0 Å². The molecule has 2 aromatic heterocycles. The molecule has 3 rings (SSSR count). The molecular weight excluding hydrogens is 300 g/mol. The van der Waals surface area contributed by atoms with Gasteiger partial charge in [0.05, 0.1) is 23.0 Å². The number of pyridine rings is 1. The third-order valence-electron chi connectivity index (χ3n) is 3.81. The third kappa shape index (κ3) is 2.99. The van der Waals surface area contributed by atoms with Gasteiger partial charge in [-0.15, -0.1) is 0 Å². The molecule has 0 bridgehead atoms. The zero-order valence-electron chi connectivity index (χ0n) is 13.0. The van der Waals surface area contributed by atoms with Gasteiger partial charge in [-0.25, -0.2) is 18.8 Å². The van der Waals surface area contributed by atoms with Crippen molar-refractivity contribution in [2.75, 3.05) is 7.05 Å². The number of fused-ring (bicyclic) bond motifs is 1. The van der Waals surface area contributed by atoms with Crippen molar-refractivity contribution >= 4 is 16.7 Å². The van der Waals surface area contributed by atoms with Crippen molar-refractivity contribution in [2.24, 2.45) is 10.9 Å². The van der Waals surface area contributed by atoms with E-state index < -0.39 is 11.6 Å². The van der Waals surface area contributed by atoms with E-state index in [0.717, 1.165) is 19.0 Å². The molecule has 0 aliphatic heterocycles. The van der Waals surface area contributed by atoms with Crippen LogP contribution in [-0.4, -0.2) is 27.9 Å². The number of hydrogen-bond acceptors (Lipinski definition) is 4. The Labute approximate surface area is 132 Å². The second-order valence-corrected chi connectivity index (χ2v) is 5.53. The van der Waals surface area contributed by atoms with Gasteiger partial charge in [-0.2, -0.15) is 5.10 Å². The van der Waals surface area contributed by atoms with E-state index in [4.69, 9.17) is 0 Å². The smallest absolute Gasteiger partial charge is 0.181 e. The molecule has 0 radical (unpaired) electrons. The summed E-state index contributed by atoms with van der Waals surface area (Å²) in [7, 11) is 1.60. The molecular formula is C16H17F2N5. The lowest BCUT2D eigenvalue weighted by atomic mass is 10.1. The van der Waals surface area contributed by atoms with E-state index in [1.165, 1.54) is 6.07 Å². The molecule has 2 heterocycles. The first kappa shape index (κ1) is 15.3. The lowest BCUT2D eigenvalue weighted by molar-refractivity contribution is 0.610. The molecule has 1 aliphatic rings. The first-order valence-corrected chi connectivity index (χ1v) is 7.33. The zero-order chi connectivity index (χ0) is 16.6. The number of nitrogens with one attached hydrogen (secondary N) is 2. The zero-order valence-corrected chi connectivity index (χ0v) is 13.0. The predicted molar refractivity (Wildman–Crippen MR) is 85.1 cm³/mol. The van der Waals surface area contributed by atoms with Crippen LogP contribution >= 0.6 is 0 Å². The maximum Gasteiger partial charge on any atom is 0.181 e. The average molecular weight is 317 g/mol. The Bertz CT molecular complexity index is 830. The Hall–Kier alpha value is -2.57. The second-order valence-electron chi connectivity index (χ2n) is 5.53. The highest BCUT2D eigenvalue weighted by molar-refractivity contribution is 6.07. The van der Waals surface area contributed by atoms with Crippen LogP contribution < -0.4 is 5.32 Å². The van der Waals surface area contributed by atoms with Crippen LogP contribution in [0, 0.1) is 11.7 Å². The summed E-state index contributed by atoms with van der Waals surface area (Å²) in [6.07, 6.45) is 3.02. The van der Waals surface area contributed by atoms with Crippen molar-refractivity contribution in [2.45, 2.75) is 19.8 Å². The lowest BCUT2D eigenvalue weighted by Gasteiger charge is -2.07. The summed E-state index contributed by atoms with van der Waals surface area (Å²) < 4.78 is 27.8. The van der Waals surface area contributed by atoms with Crippen LogP contribution in [0.5, 0.6) is 0 Å². The van der Waals surface area contributed by atoms with Crippen molar-refractivity contribution in [3.8, 4) is 0 Å². The minimum absolute atomic E-state index is 0.103. The highest BCUT2D eigenvalue weighted by Gasteiger charge is 2.28. The number of nitrogens with zero attached hydrogens (tertiary/aromatic N) is 3. The number of halogens is 2. The maximum absolute atomic E-state index is 14.4.